The molecule has 110 valence electrons. The van der Waals surface area contributed by atoms with E-state index >= 15 is 0 Å². The quantitative estimate of drug-likeness (QED) is 0.863. The SMILES string of the molecule is CC(C)Oc1ccccc1CN[C@H]1CCN(C2CC2)C1. The van der Waals surface area contributed by atoms with E-state index < -0.39 is 0 Å². The number of nitrogens with one attached hydrogen (secondary N) is 1. The van der Waals surface area contributed by atoms with E-state index in [1.54, 1.807) is 0 Å². The number of rotatable bonds is 6. The lowest BCUT2D eigenvalue weighted by Gasteiger charge is -2.18. The van der Waals surface area contributed by atoms with Crippen molar-refractivity contribution in [1.29, 1.82) is 0 Å². The fourth-order valence-electron chi connectivity index (χ4n) is 3.00. The third-order valence-corrected chi connectivity index (χ3v) is 4.20. The Morgan fingerprint density at radius 2 is 2.05 bits per heavy atom. The highest BCUT2D eigenvalue weighted by molar-refractivity contribution is 5.33. The second kappa shape index (κ2) is 6.15. The third kappa shape index (κ3) is 3.53. The number of likely N-dealkylation sites (tertiary alicyclic amines) is 1. The molecule has 2 fully saturated rings. The van der Waals surface area contributed by atoms with Crippen LogP contribution in [0, 0.1) is 0 Å². The van der Waals surface area contributed by atoms with Crippen LogP contribution in [0.15, 0.2) is 24.3 Å². The molecule has 1 atom stereocenters. The summed E-state index contributed by atoms with van der Waals surface area (Å²) in [5.74, 6) is 1.02. The molecule has 1 aliphatic heterocycles. The van der Waals surface area contributed by atoms with Gasteiger partial charge in [-0.1, -0.05) is 18.2 Å². The van der Waals surface area contributed by atoms with Crippen molar-refractivity contribution in [3.05, 3.63) is 29.8 Å². The molecular weight excluding hydrogens is 248 g/mol. The second-order valence-corrected chi connectivity index (χ2v) is 6.37. The fourth-order valence-corrected chi connectivity index (χ4v) is 3.00. The highest BCUT2D eigenvalue weighted by Crippen LogP contribution is 2.30. The third-order valence-electron chi connectivity index (χ3n) is 4.20. The molecular formula is C17H26N2O. The maximum Gasteiger partial charge on any atom is 0.124 e. The molecule has 3 nitrogen and oxygen atoms in total. The predicted octanol–water partition coefficient (Wildman–Crippen LogP) is 2.80. The average Bonchev–Trinajstić information content (AvgIpc) is 3.17. The van der Waals surface area contributed by atoms with Crippen molar-refractivity contribution < 1.29 is 4.74 Å². The van der Waals surface area contributed by atoms with Gasteiger partial charge in [-0.3, -0.25) is 4.90 Å². The number of hydrogen-bond donors (Lipinski definition) is 1. The Kier molecular flexibility index (Phi) is 4.27. The summed E-state index contributed by atoms with van der Waals surface area (Å²) >= 11 is 0. The van der Waals surface area contributed by atoms with Gasteiger partial charge in [0.2, 0.25) is 0 Å². The molecule has 1 aromatic rings. The predicted molar refractivity (Wildman–Crippen MR) is 82.0 cm³/mol. The molecule has 0 radical (unpaired) electrons. The number of nitrogens with zero attached hydrogens (tertiary/aromatic N) is 1. The molecule has 1 N–H and O–H groups in total. The van der Waals surface area contributed by atoms with Gasteiger partial charge in [-0.15, -0.1) is 0 Å². The molecule has 2 aliphatic rings. The normalized spacial score (nSPS) is 23.4. The van der Waals surface area contributed by atoms with Gasteiger partial charge in [0, 0.05) is 37.3 Å². The van der Waals surface area contributed by atoms with Crippen LogP contribution < -0.4 is 10.1 Å². The lowest BCUT2D eigenvalue weighted by Crippen LogP contribution is -2.33. The summed E-state index contributed by atoms with van der Waals surface area (Å²) in [6.07, 6.45) is 4.34. The first kappa shape index (κ1) is 13.9. The van der Waals surface area contributed by atoms with Gasteiger partial charge in [0.05, 0.1) is 6.10 Å². The van der Waals surface area contributed by atoms with E-state index in [9.17, 15) is 0 Å². The zero-order chi connectivity index (χ0) is 13.9. The van der Waals surface area contributed by atoms with Gasteiger partial charge in [-0.25, -0.2) is 0 Å². The Morgan fingerprint density at radius 3 is 2.80 bits per heavy atom. The topological polar surface area (TPSA) is 24.5 Å². The Labute approximate surface area is 122 Å². The van der Waals surface area contributed by atoms with Crippen LogP contribution in [-0.4, -0.2) is 36.2 Å². The van der Waals surface area contributed by atoms with E-state index in [1.165, 1.54) is 37.9 Å². The zero-order valence-electron chi connectivity index (χ0n) is 12.6. The zero-order valence-corrected chi connectivity index (χ0v) is 12.6. The Balaban J connectivity index is 1.53. The molecule has 1 heterocycles. The summed E-state index contributed by atoms with van der Waals surface area (Å²) in [5, 5.41) is 3.70. The van der Waals surface area contributed by atoms with Gasteiger partial charge < -0.3 is 10.1 Å². The summed E-state index contributed by atoms with van der Waals surface area (Å²) in [6, 6.07) is 9.92. The van der Waals surface area contributed by atoms with Crippen molar-refractivity contribution in [1.82, 2.24) is 10.2 Å². The van der Waals surface area contributed by atoms with Crippen molar-refractivity contribution in [3.8, 4) is 5.75 Å². The van der Waals surface area contributed by atoms with Crippen LogP contribution in [0.5, 0.6) is 5.75 Å². The van der Waals surface area contributed by atoms with Crippen molar-refractivity contribution in [3.63, 3.8) is 0 Å². The molecule has 0 spiro atoms. The monoisotopic (exact) mass is 274 g/mol. The van der Waals surface area contributed by atoms with Gasteiger partial charge in [0.25, 0.3) is 0 Å². The largest absolute Gasteiger partial charge is 0.491 e. The lowest BCUT2D eigenvalue weighted by molar-refractivity contribution is 0.239. The maximum atomic E-state index is 5.88. The van der Waals surface area contributed by atoms with E-state index in [1.807, 2.05) is 6.07 Å². The van der Waals surface area contributed by atoms with Gasteiger partial charge in [-0.05, 0) is 39.2 Å². The lowest BCUT2D eigenvalue weighted by atomic mass is 10.1. The smallest absolute Gasteiger partial charge is 0.124 e. The van der Waals surface area contributed by atoms with E-state index in [2.05, 4.69) is 42.3 Å². The van der Waals surface area contributed by atoms with Crippen LogP contribution in [-0.2, 0) is 6.54 Å². The molecule has 20 heavy (non-hydrogen) atoms. The summed E-state index contributed by atoms with van der Waals surface area (Å²) in [7, 11) is 0. The highest BCUT2D eigenvalue weighted by Gasteiger charge is 2.34. The second-order valence-electron chi connectivity index (χ2n) is 6.37. The number of benzene rings is 1. The fraction of sp³-hybridized carbons (Fsp3) is 0.647. The molecule has 1 saturated heterocycles. The van der Waals surface area contributed by atoms with Crippen LogP contribution in [0.4, 0.5) is 0 Å². The van der Waals surface area contributed by atoms with Crippen LogP contribution in [0.1, 0.15) is 38.7 Å². The van der Waals surface area contributed by atoms with Gasteiger partial charge in [-0.2, -0.15) is 0 Å². The van der Waals surface area contributed by atoms with Crippen LogP contribution in [0.3, 0.4) is 0 Å². The minimum atomic E-state index is 0.230. The van der Waals surface area contributed by atoms with Crippen LogP contribution >= 0.6 is 0 Å². The molecule has 1 aliphatic carbocycles. The summed E-state index contributed by atoms with van der Waals surface area (Å²) in [5.41, 5.74) is 1.27. The standard InChI is InChI=1S/C17H26N2O/c1-13(2)20-17-6-4-3-5-14(17)11-18-15-9-10-19(12-15)16-7-8-16/h3-6,13,15-16,18H,7-12H2,1-2H3/t15-/m0/s1. The first-order valence-corrected chi connectivity index (χ1v) is 7.94. The van der Waals surface area contributed by atoms with Crippen LogP contribution in [0.25, 0.3) is 0 Å². The molecule has 0 unspecified atom stereocenters. The van der Waals surface area contributed by atoms with E-state index in [0.29, 0.717) is 6.04 Å². The van der Waals surface area contributed by atoms with Gasteiger partial charge in [0.1, 0.15) is 5.75 Å². The summed E-state index contributed by atoms with van der Waals surface area (Å²) < 4.78 is 5.88. The number of hydrogen-bond acceptors (Lipinski definition) is 3. The molecule has 3 heteroatoms. The summed E-state index contributed by atoms with van der Waals surface area (Å²) in [4.78, 5) is 2.65. The highest BCUT2D eigenvalue weighted by atomic mass is 16.5. The molecule has 0 amide bonds. The van der Waals surface area contributed by atoms with Crippen molar-refractivity contribution in [2.45, 2.75) is 57.8 Å². The van der Waals surface area contributed by atoms with Gasteiger partial charge >= 0.3 is 0 Å². The molecule has 3 rings (SSSR count). The summed E-state index contributed by atoms with van der Waals surface area (Å²) in [6.45, 7) is 7.56. The maximum absolute atomic E-state index is 5.88. The minimum Gasteiger partial charge on any atom is -0.491 e. The number of ether oxygens (including phenoxy) is 1. The van der Waals surface area contributed by atoms with Gasteiger partial charge in [0.15, 0.2) is 0 Å². The molecule has 0 bridgehead atoms. The van der Waals surface area contributed by atoms with E-state index in [-0.39, 0.29) is 6.10 Å². The van der Waals surface area contributed by atoms with Crippen molar-refractivity contribution in [2.75, 3.05) is 13.1 Å². The first-order valence-electron chi connectivity index (χ1n) is 7.94. The van der Waals surface area contributed by atoms with Crippen molar-refractivity contribution >= 4 is 0 Å². The number of para-hydroxylation sites is 1. The first-order chi connectivity index (χ1) is 9.72. The molecule has 1 saturated carbocycles. The van der Waals surface area contributed by atoms with Crippen molar-refractivity contribution in [2.24, 2.45) is 0 Å². The van der Waals surface area contributed by atoms with E-state index in [4.69, 9.17) is 4.74 Å². The Morgan fingerprint density at radius 1 is 1.25 bits per heavy atom. The van der Waals surface area contributed by atoms with Crippen LogP contribution in [0.2, 0.25) is 0 Å². The molecule has 1 aromatic carbocycles. The average molecular weight is 274 g/mol. The minimum absolute atomic E-state index is 0.230. The Hall–Kier alpha value is -1.06. The Bertz CT molecular complexity index is 442. The van der Waals surface area contributed by atoms with E-state index in [0.717, 1.165) is 18.3 Å². The molecule has 0 aromatic heterocycles.